The Kier molecular flexibility index (Phi) is 3.35. The van der Waals surface area contributed by atoms with E-state index in [9.17, 15) is 9.59 Å². The van der Waals surface area contributed by atoms with Crippen LogP contribution in [0.1, 0.15) is 45.4 Å². The minimum Gasteiger partial charge on any atom is -0.370 e. The summed E-state index contributed by atoms with van der Waals surface area (Å²) in [5.41, 5.74) is 0.0659. The SMILES string of the molecule is CC1NCC(=O)N(CC2CCC3(CCCC3)O2)C1=O. The number of carbonyl (C=O) groups excluding carboxylic acids is 2. The van der Waals surface area contributed by atoms with Gasteiger partial charge in [0.05, 0.1) is 30.8 Å². The fourth-order valence-electron chi connectivity index (χ4n) is 3.59. The van der Waals surface area contributed by atoms with Gasteiger partial charge in [0.2, 0.25) is 11.8 Å². The molecule has 3 rings (SSSR count). The van der Waals surface area contributed by atoms with Crippen LogP contribution in [0.5, 0.6) is 0 Å². The van der Waals surface area contributed by atoms with E-state index in [1.807, 2.05) is 0 Å². The highest BCUT2D eigenvalue weighted by Crippen LogP contribution is 2.43. The minimum atomic E-state index is -0.264. The van der Waals surface area contributed by atoms with E-state index in [1.54, 1.807) is 6.92 Å². The number of nitrogens with zero attached hydrogens (tertiary/aromatic N) is 1. The smallest absolute Gasteiger partial charge is 0.246 e. The van der Waals surface area contributed by atoms with Gasteiger partial charge in [-0.15, -0.1) is 0 Å². The zero-order chi connectivity index (χ0) is 13.5. The molecule has 0 aromatic carbocycles. The van der Waals surface area contributed by atoms with E-state index >= 15 is 0 Å². The molecule has 0 aromatic heterocycles. The number of amides is 2. The van der Waals surface area contributed by atoms with Crippen molar-refractivity contribution in [1.82, 2.24) is 10.2 Å². The Morgan fingerprint density at radius 3 is 2.79 bits per heavy atom. The number of piperazine rings is 1. The molecule has 2 saturated heterocycles. The summed E-state index contributed by atoms with van der Waals surface area (Å²) in [6, 6.07) is -0.264. The molecule has 2 heterocycles. The molecular formula is C14H22N2O3. The number of nitrogens with one attached hydrogen (secondary N) is 1. The molecule has 106 valence electrons. The van der Waals surface area contributed by atoms with Crippen LogP contribution in [0.15, 0.2) is 0 Å². The highest BCUT2D eigenvalue weighted by molar-refractivity contribution is 6.01. The summed E-state index contributed by atoms with van der Waals surface area (Å²) < 4.78 is 6.18. The Balaban J connectivity index is 1.62. The Labute approximate surface area is 113 Å². The number of hydrogen-bond donors (Lipinski definition) is 1. The zero-order valence-corrected chi connectivity index (χ0v) is 11.5. The summed E-state index contributed by atoms with van der Waals surface area (Å²) in [6.07, 6.45) is 6.87. The summed E-state index contributed by atoms with van der Waals surface area (Å²) in [7, 11) is 0. The molecule has 2 atom stereocenters. The second kappa shape index (κ2) is 4.87. The van der Waals surface area contributed by atoms with Crippen molar-refractivity contribution in [2.24, 2.45) is 0 Å². The first-order chi connectivity index (χ1) is 9.10. The van der Waals surface area contributed by atoms with Gasteiger partial charge in [-0.1, -0.05) is 12.8 Å². The average molecular weight is 266 g/mol. The molecule has 2 unspecified atom stereocenters. The molecule has 5 heteroatoms. The average Bonchev–Trinajstić information content (AvgIpc) is 3.01. The van der Waals surface area contributed by atoms with Crippen LogP contribution in [-0.2, 0) is 14.3 Å². The van der Waals surface area contributed by atoms with Crippen LogP contribution in [0.4, 0.5) is 0 Å². The fraction of sp³-hybridized carbons (Fsp3) is 0.857. The summed E-state index contributed by atoms with van der Waals surface area (Å²) in [5, 5.41) is 2.90. The van der Waals surface area contributed by atoms with Crippen molar-refractivity contribution in [3.05, 3.63) is 0 Å². The second-order valence-corrected chi connectivity index (χ2v) is 6.11. The van der Waals surface area contributed by atoms with Gasteiger partial charge in [-0.2, -0.15) is 0 Å². The van der Waals surface area contributed by atoms with Crippen LogP contribution in [0, 0.1) is 0 Å². The van der Waals surface area contributed by atoms with E-state index in [2.05, 4.69) is 5.32 Å². The molecule has 0 aromatic rings. The molecule has 1 saturated carbocycles. The van der Waals surface area contributed by atoms with Crippen molar-refractivity contribution >= 4 is 11.8 Å². The maximum Gasteiger partial charge on any atom is 0.246 e. The predicted molar refractivity (Wildman–Crippen MR) is 69.5 cm³/mol. The first-order valence-corrected chi connectivity index (χ1v) is 7.35. The highest BCUT2D eigenvalue weighted by Gasteiger charge is 2.44. The highest BCUT2D eigenvalue weighted by atomic mass is 16.5. The van der Waals surface area contributed by atoms with Crippen molar-refractivity contribution in [2.75, 3.05) is 13.1 Å². The Morgan fingerprint density at radius 2 is 2.05 bits per heavy atom. The van der Waals surface area contributed by atoms with Gasteiger partial charge in [-0.3, -0.25) is 19.8 Å². The van der Waals surface area contributed by atoms with Crippen LogP contribution in [-0.4, -0.2) is 47.6 Å². The van der Waals surface area contributed by atoms with E-state index in [0.717, 1.165) is 25.7 Å². The predicted octanol–water partition coefficient (Wildman–Crippen LogP) is 0.825. The molecule has 0 bridgehead atoms. The van der Waals surface area contributed by atoms with Crippen LogP contribution >= 0.6 is 0 Å². The summed E-state index contributed by atoms with van der Waals surface area (Å²) in [5.74, 6) is -0.244. The lowest BCUT2D eigenvalue weighted by Crippen LogP contribution is -2.58. The lowest BCUT2D eigenvalue weighted by Gasteiger charge is -2.32. The van der Waals surface area contributed by atoms with Gasteiger partial charge in [0.15, 0.2) is 0 Å². The normalized spacial score (nSPS) is 34.5. The van der Waals surface area contributed by atoms with Crippen molar-refractivity contribution in [3.8, 4) is 0 Å². The first kappa shape index (κ1) is 13.1. The third kappa shape index (κ3) is 2.41. The van der Waals surface area contributed by atoms with Gasteiger partial charge in [-0.25, -0.2) is 0 Å². The molecule has 1 spiro atoms. The van der Waals surface area contributed by atoms with Gasteiger partial charge >= 0.3 is 0 Å². The van der Waals surface area contributed by atoms with E-state index in [1.165, 1.54) is 17.7 Å². The molecular weight excluding hydrogens is 244 g/mol. The number of carbonyl (C=O) groups is 2. The summed E-state index contributed by atoms with van der Waals surface area (Å²) in [6.45, 7) is 2.49. The molecule has 3 fully saturated rings. The van der Waals surface area contributed by atoms with Crippen molar-refractivity contribution in [3.63, 3.8) is 0 Å². The van der Waals surface area contributed by atoms with Gasteiger partial charge in [0.25, 0.3) is 0 Å². The molecule has 19 heavy (non-hydrogen) atoms. The topological polar surface area (TPSA) is 58.6 Å². The zero-order valence-electron chi connectivity index (χ0n) is 11.5. The molecule has 2 amide bonds. The van der Waals surface area contributed by atoms with Crippen LogP contribution < -0.4 is 5.32 Å². The molecule has 5 nitrogen and oxygen atoms in total. The van der Waals surface area contributed by atoms with Gasteiger partial charge in [0, 0.05) is 0 Å². The number of ether oxygens (including phenoxy) is 1. The van der Waals surface area contributed by atoms with Gasteiger partial charge in [-0.05, 0) is 32.6 Å². The van der Waals surface area contributed by atoms with Crippen LogP contribution in [0.2, 0.25) is 0 Å². The summed E-state index contributed by atoms with van der Waals surface area (Å²) in [4.78, 5) is 25.2. The number of imide groups is 1. The molecule has 0 radical (unpaired) electrons. The first-order valence-electron chi connectivity index (χ1n) is 7.35. The fourth-order valence-corrected chi connectivity index (χ4v) is 3.59. The van der Waals surface area contributed by atoms with E-state index in [0.29, 0.717) is 6.54 Å². The minimum absolute atomic E-state index is 0.0382. The van der Waals surface area contributed by atoms with Gasteiger partial charge in [0.1, 0.15) is 0 Å². The lowest BCUT2D eigenvalue weighted by atomic mass is 9.98. The third-order valence-corrected chi connectivity index (χ3v) is 4.74. The maximum absolute atomic E-state index is 12.0. The maximum atomic E-state index is 12.0. The number of hydrogen-bond acceptors (Lipinski definition) is 4. The van der Waals surface area contributed by atoms with E-state index in [4.69, 9.17) is 4.74 Å². The Bertz CT molecular complexity index is 390. The Morgan fingerprint density at radius 1 is 1.32 bits per heavy atom. The van der Waals surface area contributed by atoms with E-state index < -0.39 is 0 Å². The van der Waals surface area contributed by atoms with Crippen LogP contribution in [0.25, 0.3) is 0 Å². The number of rotatable bonds is 2. The second-order valence-electron chi connectivity index (χ2n) is 6.11. The van der Waals surface area contributed by atoms with E-state index in [-0.39, 0.29) is 36.1 Å². The molecule has 1 aliphatic carbocycles. The van der Waals surface area contributed by atoms with Crippen molar-refractivity contribution in [1.29, 1.82) is 0 Å². The Hall–Kier alpha value is -0.940. The lowest BCUT2D eigenvalue weighted by molar-refractivity contribution is -0.152. The third-order valence-electron chi connectivity index (χ3n) is 4.74. The standard InChI is InChI=1S/C14H22N2O3/c1-10-13(18)16(12(17)8-15-10)9-11-4-7-14(19-11)5-2-3-6-14/h10-11,15H,2-9H2,1H3. The van der Waals surface area contributed by atoms with Crippen molar-refractivity contribution in [2.45, 2.75) is 63.2 Å². The van der Waals surface area contributed by atoms with Gasteiger partial charge < -0.3 is 4.74 Å². The molecule has 3 aliphatic rings. The molecule has 1 N–H and O–H groups in total. The summed E-state index contributed by atoms with van der Waals surface area (Å²) >= 11 is 0. The molecule has 2 aliphatic heterocycles. The van der Waals surface area contributed by atoms with Crippen molar-refractivity contribution < 1.29 is 14.3 Å². The van der Waals surface area contributed by atoms with Crippen LogP contribution in [0.3, 0.4) is 0 Å². The monoisotopic (exact) mass is 266 g/mol. The quantitative estimate of drug-likeness (QED) is 0.752. The largest absolute Gasteiger partial charge is 0.370 e.